The third kappa shape index (κ3) is 7.93. The van der Waals surface area contributed by atoms with E-state index >= 15 is 0 Å². The number of rotatable bonds is 9. The monoisotopic (exact) mass is 402 g/mol. The van der Waals surface area contributed by atoms with Gasteiger partial charge in [-0.05, 0) is 45.7 Å². The molecule has 0 aliphatic rings. The van der Waals surface area contributed by atoms with Crippen molar-refractivity contribution < 1.29 is 19.1 Å². The van der Waals surface area contributed by atoms with Crippen LogP contribution >= 0.6 is 0 Å². The van der Waals surface area contributed by atoms with E-state index in [1.807, 2.05) is 37.7 Å². The zero-order valence-corrected chi connectivity index (χ0v) is 17.6. The molecule has 0 bridgehead atoms. The third-order valence-electron chi connectivity index (χ3n) is 4.05. The Hall–Kier alpha value is -2.90. The third-order valence-corrected chi connectivity index (χ3v) is 4.05. The van der Waals surface area contributed by atoms with Gasteiger partial charge in [-0.3, -0.25) is 4.68 Å². The first-order valence-corrected chi connectivity index (χ1v) is 9.83. The molecule has 2 aromatic heterocycles. The molecule has 0 aliphatic heterocycles. The molecular weight excluding hydrogens is 372 g/mol. The molecule has 8 heteroatoms. The molecular formula is C21H30N4O4. The second-order valence-electron chi connectivity index (χ2n) is 7.73. The number of nitrogens with one attached hydrogen (secondary N) is 1. The highest BCUT2D eigenvalue weighted by Gasteiger charge is 2.15. The molecule has 0 saturated carbocycles. The van der Waals surface area contributed by atoms with E-state index < -0.39 is 11.6 Å². The van der Waals surface area contributed by atoms with Gasteiger partial charge in [0.2, 0.25) is 0 Å². The minimum absolute atomic E-state index is 0.276. The molecule has 0 saturated heterocycles. The van der Waals surface area contributed by atoms with Gasteiger partial charge in [0.1, 0.15) is 11.3 Å². The molecule has 29 heavy (non-hydrogen) atoms. The highest BCUT2D eigenvalue weighted by molar-refractivity contribution is 5.87. The Labute approximate surface area is 171 Å². The van der Waals surface area contributed by atoms with E-state index in [1.54, 1.807) is 18.3 Å². The molecule has 0 fully saturated rings. The van der Waals surface area contributed by atoms with E-state index in [9.17, 15) is 9.59 Å². The number of amides is 1. The van der Waals surface area contributed by atoms with Crippen LogP contribution in [0.5, 0.6) is 0 Å². The maximum Gasteiger partial charge on any atom is 0.407 e. The van der Waals surface area contributed by atoms with Crippen molar-refractivity contribution in [1.29, 1.82) is 0 Å². The average molecular weight is 402 g/mol. The summed E-state index contributed by atoms with van der Waals surface area (Å²) in [5, 5.41) is 7.13. The quantitative estimate of drug-likeness (QED) is 0.506. The van der Waals surface area contributed by atoms with Crippen LogP contribution < -0.4 is 5.32 Å². The number of nitrogens with zero attached hydrogens (tertiary/aromatic N) is 3. The number of hydrogen-bond acceptors (Lipinski definition) is 6. The van der Waals surface area contributed by atoms with Crippen molar-refractivity contribution in [3.05, 3.63) is 36.3 Å². The summed E-state index contributed by atoms with van der Waals surface area (Å²) in [6.45, 7) is 6.96. The number of hydrogen-bond donors (Lipinski definition) is 1. The number of carbonyl (C=O) groups is 2. The summed E-state index contributed by atoms with van der Waals surface area (Å²) >= 11 is 0. The minimum Gasteiger partial charge on any atom is -0.464 e. The molecule has 1 N–H and O–H groups in total. The van der Waals surface area contributed by atoms with Crippen LogP contribution in [0.1, 0.15) is 56.9 Å². The van der Waals surface area contributed by atoms with Gasteiger partial charge in [0.15, 0.2) is 0 Å². The molecule has 0 unspecified atom stereocenters. The van der Waals surface area contributed by atoms with Crippen molar-refractivity contribution in [2.45, 2.75) is 58.6 Å². The predicted molar refractivity (Wildman–Crippen MR) is 110 cm³/mol. The fraction of sp³-hybridized carbons (Fsp3) is 0.524. The normalized spacial score (nSPS) is 11.2. The van der Waals surface area contributed by atoms with E-state index in [0.29, 0.717) is 12.2 Å². The van der Waals surface area contributed by atoms with Crippen LogP contribution in [0.25, 0.3) is 11.3 Å². The lowest BCUT2D eigenvalue weighted by atomic mass is 10.2. The molecule has 0 aliphatic carbocycles. The molecule has 1 amide bonds. The zero-order chi connectivity index (χ0) is 21.3. The van der Waals surface area contributed by atoms with Crippen LogP contribution in [0.2, 0.25) is 0 Å². The van der Waals surface area contributed by atoms with Crippen molar-refractivity contribution in [3.63, 3.8) is 0 Å². The molecule has 158 valence electrons. The Kier molecular flexibility index (Phi) is 8.18. The van der Waals surface area contributed by atoms with E-state index in [4.69, 9.17) is 9.47 Å². The van der Waals surface area contributed by atoms with Crippen LogP contribution in [0, 0.1) is 0 Å². The van der Waals surface area contributed by atoms with Gasteiger partial charge in [-0.1, -0.05) is 18.9 Å². The van der Waals surface area contributed by atoms with Gasteiger partial charge in [0.05, 0.1) is 19.0 Å². The average Bonchev–Trinajstić information content (AvgIpc) is 3.14. The largest absolute Gasteiger partial charge is 0.464 e. The summed E-state index contributed by atoms with van der Waals surface area (Å²) in [6.07, 6.45) is 7.26. The summed E-state index contributed by atoms with van der Waals surface area (Å²) in [5.74, 6) is -0.458. The predicted octanol–water partition coefficient (Wildman–Crippen LogP) is 3.82. The summed E-state index contributed by atoms with van der Waals surface area (Å²) < 4.78 is 11.8. The van der Waals surface area contributed by atoms with Gasteiger partial charge in [-0.2, -0.15) is 5.10 Å². The molecule has 0 atom stereocenters. The van der Waals surface area contributed by atoms with Crippen LogP contribution in [-0.2, 0) is 16.0 Å². The highest BCUT2D eigenvalue weighted by atomic mass is 16.6. The number of esters is 1. The Balaban J connectivity index is 1.68. The zero-order valence-electron chi connectivity index (χ0n) is 17.6. The number of aryl methyl sites for hydroxylation is 1. The number of pyridine rings is 1. The number of methoxy groups -OCH3 is 1. The lowest BCUT2D eigenvalue weighted by molar-refractivity contribution is 0.0525. The second-order valence-corrected chi connectivity index (χ2v) is 7.73. The van der Waals surface area contributed by atoms with E-state index in [0.717, 1.165) is 37.8 Å². The molecule has 0 radical (unpaired) electrons. The Morgan fingerprint density at radius 2 is 1.90 bits per heavy atom. The summed E-state index contributed by atoms with van der Waals surface area (Å²) in [5.41, 5.74) is 1.35. The van der Waals surface area contributed by atoms with Gasteiger partial charge < -0.3 is 14.8 Å². The van der Waals surface area contributed by atoms with Crippen molar-refractivity contribution in [2.24, 2.45) is 0 Å². The topological polar surface area (TPSA) is 95.3 Å². The maximum absolute atomic E-state index is 11.6. The molecule has 0 aromatic carbocycles. The SMILES string of the molecule is COC(=O)c1cccc(-c2cnn(CCCCCCNC(=O)OC(C)(C)C)c2)n1. The Morgan fingerprint density at radius 3 is 2.62 bits per heavy atom. The molecule has 2 aromatic rings. The molecule has 2 heterocycles. The molecule has 8 nitrogen and oxygen atoms in total. The number of ether oxygens (including phenoxy) is 2. The lowest BCUT2D eigenvalue weighted by Crippen LogP contribution is -2.32. The van der Waals surface area contributed by atoms with Gasteiger partial charge in [-0.15, -0.1) is 0 Å². The first kappa shape index (κ1) is 22.4. The fourth-order valence-electron chi connectivity index (χ4n) is 2.69. The highest BCUT2D eigenvalue weighted by Crippen LogP contribution is 2.17. The summed E-state index contributed by atoms with van der Waals surface area (Å²) in [6, 6.07) is 5.24. The van der Waals surface area contributed by atoms with Crippen LogP contribution in [0.3, 0.4) is 0 Å². The second kappa shape index (κ2) is 10.6. The summed E-state index contributed by atoms with van der Waals surface area (Å²) in [7, 11) is 1.34. The smallest absolute Gasteiger partial charge is 0.407 e. The van der Waals surface area contributed by atoms with Crippen LogP contribution in [0.4, 0.5) is 4.79 Å². The number of aromatic nitrogens is 3. The van der Waals surface area contributed by atoms with Gasteiger partial charge in [0, 0.05) is 24.8 Å². The standard InChI is InChI=1S/C21H30N4O4/c1-21(2,3)29-20(27)22-12-7-5-6-8-13-25-15-16(14-23-25)17-10-9-11-18(24-17)19(26)28-4/h9-11,14-15H,5-8,12-13H2,1-4H3,(H,22,27). The Morgan fingerprint density at radius 1 is 1.14 bits per heavy atom. The van der Waals surface area contributed by atoms with Crippen molar-refractivity contribution in [3.8, 4) is 11.3 Å². The number of unbranched alkanes of at least 4 members (excludes halogenated alkanes) is 3. The van der Waals surface area contributed by atoms with E-state index in [-0.39, 0.29) is 11.8 Å². The Bertz CT molecular complexity index is 811. The molecule has 0 spiro atoms. The summed E-state index contributed by atoms with van der Waals surface area (Å²) in [4.78, 5) is 27.5. The van der Waals surface area contributed by atoms with Gasteiger partial charge >= 0.3 is 12.1 Å². The van der Waals surface area contributed by atoms with E-state index in [1.165, 1.54) is 7.11 Å². The van der Waals surface area contributed by atoms with Gasteiger partial charge in [0.25, 0.3) is 0 Å². The van der Waals surface area contributed by atoms with Crippen molar-refractivity contribution in [2.75, 3.05) is 13.7 Å². The molecule has 2 rings (SSSR count). The maximum atomic E-state index is 11.6. The van der Waals surface area contributed by atoms with Crippen LogP contribution in [-0.4, -0.2) is 46.1 Å². The first-order chi connectivity index (χ1) is 13.8. The fourth-order valence-corrected chi connectivity index (χ4v) is 2.69. The minimum atomic E-state index is -0.469. The van der Waals surface area contributed by atoms with Crippen LogP contribution in [0.15, 0.2) is 30.6 Å². The number of carbonyl (C=O) groups excluding carboxylic acids is 2. The van der Waals surface area contributed by atoms with Crippen molar-refractivity contribution >= 4 is 12.1 Å². The van der Waals surface area contributed by atoms with Gasteiger partial charge in [-0.25, -0.2) is 14.6 Å². The van der Waals surface area contributed by atoms with E-state index in [2.05, 4.69) is 15.4 Å². The number of alkyl carbamates (subject to hydrolysis) is 1. The first-order valence-electron chi connectivity index (χ1n) is 9.83. The lowest BCUT2D eigenvalue weighted by Gasteiger charge is -2.19. The van der Waals surface area contributed by atoms with Crippen molar-refractivity contribution in [1.82, 2.24) is 20.1 Å².